The highest BCUT2D eigenvalue weighted by Gasteiger charge is 2.27. The summed E-state index contributed by atoms with van der Waals surface area (Å²) in [6.07, 6.45) is -1.53. The Labute approximate surface area is 250 Å². The molecule has 2 N–H and O–H groups in total. The fourth-order valence-corrected chi connectivity index (χ4v) is 5.58. The van der Waals surface area contributed by atoms with Crippen molar-refractivity contribution >= 4 is 57.4 Å². The predicted molar refractivity (Wildman–Crippen MR) is 162 cm³/mol. The maximum Gasteiger partial charge on any atom is 0.272 e. The van der Waals surface area contributed by atoms with Crippen LogP contribution in [-0.4, -0.2) is 71.6 Å². The number of amides is 3. The Morgan fingerprint density at radius 3 is 2.56 bits per heavy atom. The monoisotopic (exact) mass is 608 g/mol. The molecule has 2 aromatic heterocycles. The van der Waals surface area contributed by atoms with Crippen LogP contribution in [0.25, 0.3) is 16.7 Å². The van der Waals surface area contributed by atoms with Crippen molar-refractivity contribution in [3.63, 3.8) is 0 Å². The molecule has 224 valence electrons. The number of aromatic nitrogens is 2. The van der Waals surface area contributed by atoms with Crippen LogP contribution in [-0.2, 0) is 14.3 Å². The molecule has 1 atom stereocenters. The summed E-state index contributed by atoms with van der Waals surface area (Å²) in [7, 11) is 1.70. The first-order chi connectivity index (χ1) is 20.7. The van der Waals surface area contributed by atoms with Gasteiger partial charge < -0.3 is 15.0 Å². The van der Waals surface area contributed by atoms with Gasteiger partial charge in [-0.1, -0.05) is 12.6 Å². The lowest BCUT2D eigenvalue weighted by Crippen LogP contribution is -2.50. The third-order valence-electron chi connectivity index (χ3n) is 7.15. The Kier molecular flexibility index (Phi) is 8.94. The highest BCUT2D eigenvalue weighted by atomic mass is 32.1. The van der Waals surface area contributed by atoms with Gasteiger partial charge in [-0.05, 0) is 61.5 Å². The van der Waals surface area contributed by atoms with Gasteiger partial charge in [0.05, 0.1) is 45.7 Å². The fourth-order valence-electron chi connectivity index (χ4n) is 4.82. The topological polar surface area (TPSA) is 109 Å². The Morgan fingerprint density at radius 1 is 1.09 bits per heavy atom. The summed E-state index contributed by atoms with van der Waals surface area (Å²) in [6, 6.07) is 14.4. The van der Waals surface area contributed by atoms with Crippen molar-refractivity contribution in [1.29, 1.82) is 0 Å². The van der Waals surface area contributed by atoms with Crippen LogP contribution < -0.4 is 15.5 Å². The first-order valence-corrected chi connectivity index (χ1v) is 14.3. The number of fused-ring (bicyclic) bond motifs is 1. The quantitative estimate of drug-likeness (QED) is 0.257. The van der Waals surface area contributed by atoms with Gasteiger partial charge in [-0.15, -0.1) is 11.3 Å². The van der Waals surface area contributed by atoms with Crippen molar-refractivity contribution in [2.45, 2.75) is 19.4 Å². The number of alkyl halides is 2. The van der Waals surface area contributed by atoms with Crippen LogP contribution in [0.2, 0.25) is 0 Å². The Morgan fingerprint density at radius 2 is 1.86 bits per heavy atom. The Hall–Kier alpha value is -4.46. The van der Waals surface area contributed by atoms with Crippen LogP contribution in [0.4, 0.5) is 26.1 Å². The number of carbonyl (C=O) groups is 3. The fraction of sp³-hybridized carbons (Fsp3) is 0.267. The molecule has 10 nitrogen and oxygen atoms in total. The van der Waals surface area contributed by atoms with E-state index in [4.69, 9.17) is 4.74 Å². The minimum Gasteiger partial charge on any atom is -0.379 e. The molecule has 0 radical (unpaired) electrons. The summed E-state index contributed by atoms with van der Waals surface area (Å²) in [6.45, 7) is 7.83. The maximum absolute atomic E-state index is 13.3. The molecule has 5 rings (SSSR count). The lowest BCUT2D eigenvalue weighted by Gasteiger charge is -2.33. The molecule has 1 saturated heterocycles. The van der Waals surface area contributed by atoms with E-state index in [0.29, 0.717) is 65.7 Å². The molecule has 3 heterocycles. The Bertz CT molecular complexity index is 1680. The van der Waals surface area contributed by atoms with Crippen molar-refractivity contribution in [1.82, 2.24) is 14.5 Å². The number of nitrogens with zero attached hydrogens (tertiary/aromatic N) is 4. The number of imidazole rings is 1. The minimum atomic E-state index is -2.69. The second-order valence-corrected chi connectivity index (χ2v) is 11.0. The number of nitrogens with one attached hydrogen (secondary N) is 2. The van der Waals surface area contributed by atoms with Crippen LogP contribution in [0.15, 0.2) is 67.3 Å². The SMILES string of the molecule is C=CC(=O)Nc1cccc(-n2c(NC(=O)c3ccc(C(F)F)s3)nc3cc(N(C)C(=O)[C@H](C)N4CCOCC4)ccc32)c1. The highest BCUT2D eigenvalue weighted by Crippen LogP contribution is 2.31. The van der Waals surface area contributed by atoms with Crippen molar-refractivity contribution in [2.75, 3.05) is 48.9 Å². The van der Waals surface area contributed by atoms with Gasteiger partial charge in [0.15, 0.2) is 0 Å². The van der Waals surface area contributed by atoms with Crippen molar-refractivity contribution in [3.8, 4) is 5.69 Å². The second-order valence-electron chi connectivity index (χ2n) is 9.87. The summed E-state index contributed by atoms with van der Waals surface area (Å²) in [5, 5.41) is 5.46. The van der Waals surface area contributed by atoms with E-state index in [2.05, 4.69) is 27.1 Å². The van der Waals surface area contributed by atoms with Crippen LogP contribution in [0, 0.1) is 0 Å². The Balaban J connectivity index is 1.52. The van der Waals surface area contributed by atoms with Crippen molar-refractivity contribution in [3.05, 3.63) is 77.0 Å². The lowest BCUT2D eigenvalue weighted by molar-refractivity contribution is -0.124. The molecule has 0 unspecified atom stereocenters. The zero-order chi connectivity index (χ0) is 30.7. The van der Waals surface area contributed by atoms with E-state index in [1.807, 2.05) is 6.92 Å². The number of hydrogen-bond acceptors (Lipinski definition) is 7. The van der Waals surface area contributed by atoms with Crippen molar-refractivity contribution in [2.24, 2.45) is 0 Å². The largest absolute Gasteiger partial charge is 0.379 e. The van der Waals surface area contributed by atoms with Crippen LogP contribution in [0.3, 0.4) is 0 Å². The molecule has 4 aromatic rings. The standard InChI is InChI=1S/C30H30F2N6O4S/c1-4-26(39)33-19-6-5-7-21(16-19)38-23-9-8-20(36(3)29(41)18(2)37-12-14-42-15-13-37)17-22(23)34-30(38)35-28(40)25-11-10-24(43-25)27(31)32/h4-11,16-18,27H,1,12-15H2,2-3H3,(H,33,39)(H,34,35,40)/t18-/m0/s1. The van der Waals surface area contributed by atoms with Crippen LogP contribution in [0.1, 0.15) is 27.9 Å². The molecular formula is C30H30F2N6O4S. The second kappa shape index (κ2) is 12.8. The summed E-state index contributed by atoms with van der Waals surface area (Å²) in [5.74, 6) is -0.951. The molecule has 0 bridgehead atoms. The normalized spacial score (nSPS) is 14.4. The van der Waals surface area contributed by atoms with E-state index >= 15 is 0 Å². The van der Waals surface area contributed by atoms with Gasteiger partial charge in [-0.3, -0.25) is 29.2 Å². The number of thiophene rings is 1. The van der Waals surface area contributed by atoms with Crippen LogP contribution >= 0.6 is 11.3 Å². The number of ether oxygens (including phenoxy) is 1. The number of carbonyl (C=O) groups excluding carboxylic acids is 3. The molecule has 1 fully saturated rings. The molecule has 0 aliphatic carbocycles. The van der Waals surface area contributed by atoms with Crippen molar-refractivity contribution < 1.29 is 27.9 Å². The number of halogens is 2. The van der Waals surface area contributed by atoms with E-state index in [1.54, 1.807) is 59.0 Å². The number of likely N-dealkylation sites (N-methyl/N-ethyl adjacent to an activating group) is 1. The number of anilines is 3. The molecule has 43 heavy (non-hydrogen) atoms. The smallest absolute Gasteiger partial charge is 0.272 e. The number of rotatable bonds is 9. The van der Waals surface area contributed by atoms with Crippen LogP contribution in [0.5, 0.6) is 0 Å². The molecular weight excluding hydrogens is 578 g/mol. The molecule has 2 aromatic carbocycles. The first kappa shape index (κ1) is 30.0. The zero-order valence-electron chi connectivity index (χ0n) is 23.5. The zero-order valence-corrected chi connectivity index (χ0v) is 24.4. The first-order valence-electron chi connectivity index (χ1n) is 13.5. The third kappa shape index (κ3) is 6.48. The van der Waals surface area contributed by atoms with E-state index in [1.165, 1.54) is 12.1 Å². The molecule has 0 saturated carbocycles. The van der Waals surface area contributed by atoms with E-state index in [9.17, 15) is 23.2 Å². The average molecular weight is 609 g/mol. The summed E-state index contributed by atoms with van der Waals surface area (Å²) in [5.41, 5.74) is 2.74. The van der Waals surface area contributed by atoms with E-state index < -0.39 is 18.2 Å². The number of morpholine rings is 1. The van der Waals surface area contributed by atoms with Gasteiger partial charge in [-0.25, -0.2) is 13.8 Å². The van der Waals surface area contributed by atoms with Gasteiger partial charge in [0, 0.05) is 31.5 Å². The minimum absolute atomic E-state index is 0.0904. The van der Waals surface area contributed by atoms with Gasteiger partial charge >= 0.3 is 0 Å². The summed E-state index contributed by atoms with van der Waals surface area (Å²) >= 11 is 0.701. The molecule has 1 aliphatic heterocycles. The predicted octanol–water partition coefficient (Wildman–Crippen LogP) is 5.08. The average Bonchev–Trinajstić information content (AvgIpc) is 3.65. The van der Waals surface area contributed by atoms with Gasteiger partial charge in [0.25, 0.3) is 12.3 Å². The molecule has 0 spiro atoms. The van der Waals surface area contributed by atoms with E-state index in [0.717, 1.165) is 6.08 Å². The number of hydrogen-bond donors (Lipinski definition) is 2. The molecule has 1 aliphatic rings. The number of benzene rings is 2. The van der Waals surface area contributed by atoms with Gasteiger partial charge in [0.1, 0.15) is 0 Å². The maximum atomic E-state index is 13.3. The summed E-state index contributed by atoms with van der Waals surface area (Å²) < 4.78 is 33.4. The van der Waals surface area contributed by atoms with Gasteiger partial charge in [-0.2, -0.15) is 0 Å². The third-order valence-corrected chi connectivity index (χ3v) is 8.25. The molecule has 3 amide bonds. The van der Waals surface area contributed by atoms with E-state index in [-0.39, 0.29) is 27.7 Å². The summed E-state index contributed by atoms with van der Waals surface area (Å²) in [4.78, 5) is 46.6. The van der Waals surface area contributed by atoms with Gasteiger partial charge in [0.2, 0.25) is 17.8 Å². The highest BCUT2D eigenvalue weighted by molar-refractivity contribution is 7.14. The lowest BCUT2D eigenvalue weighted by atomic mass is 10.2. The molecule has 13 heteroatoms.